The number of nitrogen functional groups attached to an aromatic ring is 1. The van der Waals surface area contributed by atoms with Gasteiger partial charge in [-0.05, 0) is 24.3 Å². The molecule has 8 nitrogen and oxygen atoms in total. The molecule has 8 heteroatoms. The van der Waals surface area contributed by atoms with Crippen LogP contribution in [0.15, 0.2) is 48.5 Å². The van der Waals surface area contributed by atoms with E-state index >= 15 is 0 Å². The third-order valence-corrected chi connectivity index (χ3v) is 3.58. The van der Waals surface area contributed by atoms with E-state index in [9.17, 15) is 4.79 Å². The van der Waals surface area contributed by atoms with Gasteiger partial charge in [-0.25, -0.2) is 0 Å². The highest BCUT2D eigenvalue weighted by Gasteiger charge is 2.19. The van der Waals surface area contributed by atoms with Crippen LogP contribution in [0.1, 0.15) is 10.5 Å². The summed E-state index contributed by atoms with van der Waals surface area (Å²) in [7, 11) is 3.06. The molecule has 0 saturated carbocycles. The topological polar surface area (TPSA) is 104 Å². The van der Waals surface area contributed by atoms with E-state index in [4.69, 9.17) is 15.2 Å². The average Bonchev–Trinajstić information content (AvgIpc) is 3.04. The lowest BCUT2D eigenvalue weighted by Crippen LogP contribution is -2.15. The number of nitrogens with two attached hydrogens (primary N) is 1. The molecule has 0 unspecified atom stereocenters. The van der Waals surface area contributed by atoms with E-state index in [1.807, 2.05) is 30.3 Å². The summed E-state index contributed by atoms with van der Waals surface area (Å²) in [5, 5.41) is 10.6. The molecule has 3 N–H and O–H groups in total. The Morgan fingerprint density at radius 3 is 2.56 bits per heavy atom. The third-order valence-electron chi connectivity index (χ3n) is 3.58. The number of hydrogen-bond donors (Lipinski definition) is 2. The smallest absolute Gasteiger partial charge is 0.280 e. The SMILES string of the molecule is COc1ccc(NC(=O)c2nnn(-c3ccccc3)c2N)c(OC)c1. The Morgan fingerprint density at radius 1 is 1.12 bits per heavy atom. The highest BCUT2D eigenvalue weighted by atomic mass is 16.5. The third kappa shape index (κ3) is 3.23. The summed E-state index contributed by atoms with van der Waals surface area (Å²) in [5.41, 5.74) is 7.25. The van der Waals surface area contributed by atoms with E-state index in [2.05, 4.69) is 15.6 Å². The summed E-state index contributed by atoms with van der Waals surface area (Å²) < 4.78 is 11.8. The molecule has 0 bridgehead atoms. The normalized spacial score (nSPS) is 10.3. The fourth-order valence-electron chi connectivity index (χ4n) is 2.29. The van der Waals surface area contributed by atoms with Crippen LogP contribution >= 0.6 is 0 Å². The second-order valence-electron chi connectivity index (χ2n) is 5.09. The quantitative estimate of drug-likeness (QED) is 0.738. The molecule has 0 atom stereocenters. The first kappa shape index (κ1) is 16.3. The van der Waals surface area contributed by atoms with Gasteiger partial charge in [0.25, 0.3) is 5.91 Å². The van der Waals surface area contributed by atoms with Crippen LogP contribution in [0, 0.1) is 0 Å². The van der Waals surface area contributed by atoms with Gasteiger partial charge in [0.15, 0.2) is 11.5 Å². The molecular weight excluding hydrogens is 322 g/mol. The molecule has 0 aliphatic carbocycles. The van der Waals surface area contributed by atoms with Crippen molar-refractivity contribution in [2.45, 2.75) is 0 Å². The van der Waals surface area contributed by atoms with Gasteiger partial charge in [-0.15, -0.1) is 5.10 Å². The fraction of sp³-hybridized carbons (Fsp3) is 0.118. The van der Waals surface area contributed by atoms with Crippen molar-refractivity contribution >= 4 is 17.4 Å². The molecule has 25 heavy (non-hydrogen) atoms. The number of rotatable bonds is 5. The van der Waals surface area contributed by atoms with Crippen molar-refractivity contribution in [3.05, 3.63) is 54.2 Å². The van der Waals surface area contributed by atoms with E-state index < -0.39 is 5.91 Å². The molecule has 0 saturated heterocycles. The molecule has 0 aliphatic rings. The molecule has 0 radical (unpaired) electrons. The maximum absolute atomic E-state index is 12.5. The molecule has 1 heterocycles. The Morgan fingerprint density at radius 2 is 1.88 bits per heavy atom. The highest BCUT2D eigenvalue weighted by Crippen LogP contribution is 2.29. The van der Waals surface area contributed by atoms with Crippen molar-refractivity contribution < 1.29 is 14.3 Å². The van der Waals surface area contributed by atoms with E-state index in [1.54, 1.807) is 25.3 Å². The lowest BCUT2D eigenvalue weighted by Gasteiger charge is -2.11. The monoisotopic (exact) mass is 339 g/mol. The highest BCUT2D eigenvalue weighted by molar-refractivity contribution is 6.06. The number of carbonyl (C=O) groups is 1. The van der Waals surface area contributed by atoms with Crippen LogP contribution in [0.2, 0.25) is 0 Å². The molecule has 0 fully saturated rings. The first-order valence-corrected chi connectivity index (χ1v) is 7.44. The zero-order valence-corrected chi connectivity index (χ0v) is 13.8. The van der Waals surface area contributed by atoms with Gasteiger partial charge >= 0.3 is 0 Å². The molecule has 2 aromatic carbocycles. The molecule has 0 spiro atoms. The van der Waals surface area contributed by atoms with Gasteiger partial charge in [-0.2, -0.15) is 4.68 Å². The summed E-state index contributed by atoms with van der Waals surface area (Å²) in [5.74, 6) is 0.741. The first-order chi connectivity index (χ1) is 12.1. The lowest BCUT2D eigenvalue weighted by molar-refractivity contribution is 0.102. The molecule has 3 aromatic rings. The Labute approximate surface area is 144 Å². The first-order valence-electron chi connectivity index (χ1n) is 7.44. The number of carbonyl (C=O) groups excluding carboxylic acids is 1. The van der Waals surface area contributed by atoms with Crippen molar-refractivity contribution in [1.82, 2.24) is 15.0 Å². The number of benzene rings is 2. The van der Waals surface area contributed by atoms with Crippen molar-refractivity contribution in [3.63, 3.8) is 0 Å². The van der Waals surface area contributed by atoms with Gasteiger partial charge in [0.2, 0.25) is 0 Å². The summed E-state index contributed by atoms with van der Waals surface area (Å²) in [4.78, 5) is 12.5. The zero-order chi connectivity index (χ0) is 17.8. The van der Waals surface area contributed by atoms with Gasteiger partial charge < -0.3 is 20.5 Å². The minimum absolute atomic E-state index is 0.0294. The summed E-state index contributed by atoms with van der Waals surface area (Å²) >= 11 is 0. The maximum Gasteiger partial charge on any atom is 0.280 e. The van der Waals surface area contributed by atoms with Crippen LogP contribution in [0.25, 0.3) is 5.69 Å². The summed E-state index contributed by atoms with van der Waals surface area (Å²) in [6, 6.07) is 14.3. The van der Waals surface area contributed by atoms with Gasteiger partial charge in [-0.1, -0.05) is 23.4 Å². The summed E-state index contributed by atoms with van der Waals surface area (Å²) in [6.07, 6.45) is 0. The van der Waals surface area contributed by atoms with Gasteiger partial charge in [0.1, 0.15) is 11.5 Å². The fourth-order valence-corrected chi connectivity index (χ4v) is 2.29. The predicted molar refractivity (Wildman–Crippen MR) is 93.3 cm³/mol. The standard InChI is InChI=1S/C17H17N5O3/c1-24-12-8-9-13(14(10-12)25-2)19-17(23)15-16(18)22(21-20-15)11-6-4-3-5-7-11/h3-10H,18H2,1-2H3,(H,19,23). The summed E-state index contributed by atoms with van der Waals surface area (Å²) in [6.45, 7) is 0. The molecular formula is C17H17N5O3. The number of anilines is 2. The Hall–Kier alpha value is -3.55. The van der Waals surface area contributed by atoms with Crippen LogP contribution < -0.4 is 20.5 Å². The number of nitrogens with zero attached hydrogens (tertiary/aromatic N) is 3. The second kappa shape index (κ2) is 6.91. The van der Waals surface area contributed by atoms with Gasteiger partial charge in [0.05, 0.1) is 25.6 Å². The van der Waals surface area contributed by atoms with Crippen LogP contribution in [0.3, 0.4) is 0 Å². The minimum Gasteiger partial charge on any atom is -0.497 e. The molecule has 1 aromatic heterocycles. The van der Waals surface area contributed by atoms with Crippen LogP contribution in [0.4, 0.5) is 11.5 Å². The van der Waals surface area contributed by atoms with Gasteiger partial charge in [0, 0.05) is 6.07 Å². The number of hydrogen-bond acceptors (Lipinski definition) is 6. The largest absolute Gasteiger partial charge is 0.497 e. The predicted octanol–water partition coefficient (Wildman–Crippen LogP) is 2.12. The lowest BCUT2D eigenvalue weighted by atomic mass is 10.2. The van der Waals surface area contributed by atoms with Gasteiger partial charge in [-0.3, -0.25) is 4.79 Å². The van der Waals surface area contributed by atoms with E-state index in [0.29, 0.717) is 22.9 Å². The number of para-hydroxylation sites is 1. The van der Waals surface area contributed by atoms with Crippen LogP contribution in [-0.4, -0.2) is 35.1 Å². The number of ether oxygens (including phenoxy) is 2. The van der Waals surface area contributed by atoms with Crippen molar-refractivity contribution in [3.8, 4) is 17.2 Å². The molecule has 0 aliphatic heterocycles. The molecule has 3 rings (SSSR count). The molecule has 128 valence electrons. The van der Waals surface area contributed by atoms with Crippen molar-refractivity contribution in [2.75, 3.05) is 25.3 Å². The van der Waals surface area contributed by atoms with Crippen LogP contribution in [-0.2, 0) is 0 Å². The number of nitrogens with one attached hydrogen (secondary N) is 1. The van der Waals surface area contributed by atoms with E-state index in [-0.39, 0.29) is 11.5 Å². The average molecular weight is 339 g/mol. The number of aromatic nitrogens is 3. The Kier molecular flexibility index (Phi) is 4.51. The van der Waals surface area contributed by atoms with E-state index in [1.165, 1.54) is 11.8 Å². The zero-order valence-electron chi connectivity index (χ0n) is 13.8. The number of methoxy groups -OCH3 is 2. The Balaban J connectivity index is 1.87. The van der Waals surface area contributed by atoms with E-state index in [0.717, 1.165) is 0 Å². The number of amides is 1. The maximum atomic E-state index is 12.5. The van der Waals surface area contributed by atoms with Crippen molar-refractivity contribution in [1.29, 1.82) is 0 Å². The van der Waals surface area contributed by atoms with Crippen molar-refractivity contribution in [2.24, 2.45) is 0 Å². The minimum atomic E-state index is -0.483. The second-order valence-corrected chi connectivity index (χ2v) is 5.09. The van der Waals surface area contributed by atoms with Crippen LogP contribution in [0.5, 0.6) is 11.5 Å². The Bertz CT molecular complexity index is 893. The molecule has 1 amide bonds.